The van der Waals surface area contributed by atoms with E-state index in [0.717, 1.165) is 18.8 Å². The fourth-order valence-electron chi connectivity index (χ4n) is 4.70. The van der Waals surface area contributed by atoms with Crippen LogP contribution in [0.4, 0.5) is 0 Å². The molecule has 0 aromatic rings. The predicted octanol–water partition coefficient (Wildman–Crippen LogP) is 3.90. The summed E-state index contributed by atoms with van der Waals surface area (Å²) in [6, 6.07) is 0. The average molecular weight is 222 g/mol. The van der Waals surface area contributed by atoms with Crippen LogP contribution in [0, 0.1) is 16.7 Å². The summed E-state index contributed by atoms with van der Waals surface area (Å²) in [6.45, 7) is 2.50. The van der Waals surface area contributed by atoms with Crippen molar-refractivity contribution in [1.82, 2.24) is 0 Å². The molecule has 1 heteroatoms. The third-order valence-electron chi connectivity index (χ3n) is 6.24. The number of fused-ring (bicyclic) bond motifs is 3. The Kier molecular flexibility index (Phi) is 2.58. The van der Waals surface area contributed by atoms with Crippen molar-refractivity contribution in [1.29, 1.82) is 0 Å². The van der Waals surface area contributed by atoms with E-state index in [1.165, 1.54) is 51.4 Å². The van der Waals surface area contributed by atoms with Gasteiger partial charge in [0.1, 0.15) is 0 Å². The summed E-state index contributed by atoms with van der Waals surface area (Å²) in [4.78, 5) is 0. The Morgan fingerprint density at radius 3 is 1.81 bits per heavy atom. The van der Waals surface area contributed by atoms with E-state index in [-0.39, 0.29) is 6.10 Å². The second-order valence-electron chi connectivity index (χ2n) is 7.18. The Bertz CT molecular complexity index is 238. The molecule has 0 saturated heterocycles. The first-order valence-electron chi connectivity index (χ1n) is 7.30. The number of hydrogen-bond donors (Lipinski definition) is 1. The number of aliphatic hydroxyl groups is 1. The molecule has 0 atom stereocenters. The van der Waals surface area contributed by atoms with Crippen LogP contribution in [-0.4, -0.2) is 11.2 Å². The van der Waals surface area contributed by atoms with Crippen molar-refractivity contribution in [2.24, 2.45) is 16.7 Å². The molecule has 0 aliphatic heterocycles. The summed E-state index contributed by atoms with van der Waals surface area (Å²) in [5.74, 6) is 0.945. The Labute approximate surface area is 99.6 Å². The molecule has 0 amide bonds. The molecule has 0 aromatic heterocycles. The predicted molar refractivity (Wildman–Crippen MR) is 66.2 cm³/mol. The standard InChI is InChI=1S/C15H26O/c1-14-6-9-15(10-7-14,11-8-14)12-2-4-13(16)5-3-12/h12-13,16H,2-11H2,1H3. The van der Waals surface area contributed by atoms with Crippen LogP contribution < -0.4 is 0 Å². The van der Waals surface area contributed by atoms with E-state index in [4.69, 9.17) is 0 Å². The highest BCUT2D eigenvalue weighted by molar-refractivity contribution is 5.01. The average Bonchev–Trinajstić information content (AvgIpc) is 2.31. The smallest absolute Gasteiger partial charge is 0.0540 e. The van der Waals surface area contributed by atoms with Gasteiger partial charge in [-0.05, 0) is 81.0 Å². The Morgan fingerprint density at radius 2 is 1.31 bits per heavy atom. The van der Waals surface area contributed by atoms with Crippen LogP contribution in [0.15, 0.2) is 0 Å². The summed E-state index contributed by atoms with van der Waals surface area (Å²) >= 11 is 0. The molecule has 0 radical (unpaired) electrons. The van der Waals surface area contributed by atoms with Crippen molar-refractivity contribution in [3.8, 4) is 0 Å². The van der Waals surface area contributed by atoms with Crippen LogP contribution >= 0.6 is 0 Å². The highest BCUT2D eigenvalue weighted by Gasteiger charge is 2.50. The molecule has 1 nitrogen and oxygen atoms in total. The van der Waals surface area contributed by atoms with Gasteiger partial charge in [0.2, 0.25) is 0 Å². The van der Waals surface area contributed by atoms with Crippen molar-refractivity contribution in [2.45, 2.75) is 77.2 Å². The molecule has 4 fully saturated rings. The molecule has 4 aliphatic rings. The fraction of sp³-hybridized carbons (Fsp3) is 1.00. The highest BCUT2D eigenvalue weighted by atomic mass is 16.3. The van der Waals surface area contributed by atoms with Gasteiger partial charge in [-0.3, -0.25) is 0 Å². The van der Waals surface area contributed by atoms with Gasteiger partial charge in [0, 0.05) is 0 Å². The molecular formula is C15H26O. The molecule has 4 rings (SSSR count). The maximum atomic E-state index is 9.63. The van der Waals surface area contributed by atoms with Crippen LogP contribution in [0.2, 0.25) is 0 Å². The van der Waals surface area contributed by atoms with E-state index in [1.807, 2.05) is 0 Å². The lowest BCUT2D eigenvalue weighted by atomic mass is 9.49. The lowest BCUT2D eigenvalue weighted by Crippen LogP contribution is -2.45. The van der Waals surface area contributed by atoms with E-state index >= 15 is 0 Å². The van der Waals surface area contributed by atoms with Gasteiger partial charge in [0.05, 0.1) is 6.10 Å². The van der Waals surface area contributed by atoms with Crippen LogP contribution in [0.1, 0.15) is 71.1 Å². The van der Waals surface area contributed by atoms with E-state index in [2.05, 4.69) is 6.92 Å². The highest BCUT2D eigenvalue weighted by Crippen LogP contribution is 2.61. The quantitative estimate of drug-likeness (QED) is 0.713. The van der Waals surface area contributed by atoms with E-state index in [9.17, 15) is 5.11 Å². The second-order valence-corrected chi connectivity index (χ2v) is 7.18. The van der Waals surface area contributed by atoms with Gasteiger partial charge in [-0.15, -0.1) is 0 Å². The van der Waals surface area contributed by atoms with Gasteiger partial charge in [0.15, 0.2) is 0 Å². The molecule has 92 valence electrons. The fourth-order valence-corrected chi connectivity index (χ4v) is 4.70. The Hall–Kier alpha value is -0.0400. The molecule has 4 aliphatic carbocycles. The molecule has 16 heavy (non-hydrogen) atoms. The first-order chi connectivity index (χ1) is 7.62. The van der Waals surface area contributed by atoms with Gasteiger partial charge < -0.3 is 5.11 Å². The first-order valence-corrected chi connectivity index (χ1v) is 7.30. The molecule has 4 saturated carbocycles. The summed E-state index contributed by atoms with van der Waals surface area (Å²) in [7, 11) is 0. The second kappa shape index (κ2) is 3.73. The minimum Gasteiger partial charge on any atom is -0.393 e. The third kappa shape index (κ3) is 1.72. The number of aliphatic hydroxyl groups excluding tert-OH is 1. The van der Waals surface area contributed by atoms with Crippen LogP contribution in [0.5, 0.6) is 0 Å². The monoisotopic (exact) mass is 222 g/mol. The van der Waals surface area contributed by atoms with Crippen molar-refractivity contribution < 1.29 is 5.11 Å². The van der Waals surface area contributed by atoms with E-state index in [0.29, 0.717) is 10.8 Å². The maximum absolute atomic E-state index is 9.63. The van der Waals surface area contributed by atoms with Crippen molar-refractivity contribution in [2.75, 3.05) is 0 Å². The summed E-state index contributed by atoms with van der Waals surface area (Å²) < 4.78 is 0. The van der Waals surface area contributed by atoms with E-state index in [1.54, 1.807) is 0 Å². The van der Waals surface area contributed by atoms with Gasteiger partial charge in [-0.1, -0.05) is 6.92 Å². The van der Waals surface area contributed by atoms with Crippen LogP contribution in [0.25, 0.3) is 0 Å². The van der Waals surface area contributed by atoms with Gasteiger partial charge in [-0.2, -0.15) is 0 Å². The van der Waals surface area contributed by atoms with Crippen LogP contribution in [-0.2, 0) is 0 Å². The molecule has 1 N–H and O–H groups in total. The molecule has 0 unspecified atom stereocenters. The van der Waals surface area contributed by atoms with Crippen molar-refractivity contribution in [3.63, 3.8) is 0 Å². The number of hydrogen-bond acceptors (Lipinski definition) is 1. The molecule has 0 spiro atoms. The van der Waals surface area contributed by atoms with Crippen molar-refractivity contribution >= 4 is 0 Å². The molecule has 0 heterocycles. The Balaban J connectivity index is 1.70. The summed E-state index contributed by atoms with van der Waals surface area (Å²) in [5.41, 5.74) is 1.41. The minimum atomic E-state index is 0.0186. The van der Waals surface area contributed by atoms with Crippen molar-refractivity contribution in [3.05, 3.63) is 0 Å². The molecule has 2 bridgehead atoms. The molecular weight excluding hydrogens is 196 g/mol. The first kappa shape index (κ1) is 11.1. The largest absolute Gasteiger partial charge is 0.393 e. The zero-order valence-electron chi connectivity index (χ0n) is 10.7. The SMILES string of the molecule is CC12CCC(C3CCC(O)CC3)(CC1)CC2. The Morgan fingerprint density at radius 1 is 0.812 bits per heavy atom. The van der Waals surface area contributed by atoms with E-state index < -0.39 is 0 Å². The maximum Gasteiger partial charge on any atom is 0.0540 e. The lowest BCUT2D eigenvalue weighted by Gasteiger charge is -2.56. The van der Waals surface area contributed by atoms with Crippen LogP contribution in [0.3, 0.4) is 0 Å². The summed E-state index contributed by atoms with van der Waals surface area (Å²) in [5, 5.41) is 9.63. The summed E-state index contributed by atoms with van der Waals surface area (Å²) in [6.07, 6.45) is 13.7. The van der Waals surface area contributed by atoms with Gasteiger partial charge >= 0.3 is 0 Å². The topological polar surface area (TPSA) is 20.2 Å². The number of rotatable bonds is 1. The van der Waals surface area contributed by atoms with Gasteiger partial charge in [-0.25, -0.2) is 0 Å². The zero-order chi connectivity index (χ0) is 11.2. The van der Waals surface area contributed by atoms with Gasteiger partial charge in [0.25, 0.3) is 0 Å². The zero-order valence-corrected chi connectivity index (χ0v) is 10.7. The third-order valence-corrected chi connectivity index (χ3v) is 6.24. The minimum absolute atomic E-state index is 0.0186. The normalized spacial score (nSPS) is 52.9. The lowest BCUT2D eigenvalue weighted by molar-refractivity contribution is -0.0595. The molecule has 0 aromatic carbocycles.